The number of aromatic nitrogens is 2. The lowest BCUT2D eigenvalue weighted by molar-refractivity contribution is -0.146. The van der Waals surface area contributed by atoms with Gasteiger partial charge in [-0.25, -0.2) is 9.36 Å². The number of hydrogen-bond donors (Lipinski definition) is 2. The molecule has 0 aliphatic carbocycles. The van der Waals surface area contributed by atoms with E-state index in [1.165, 1.54) is 0 Å². The molecule has 2 heterocycles. The number of nitrogens with one attached hydrogen (secondary N) is 1. The molecule has 2 N–H and O–H groups in total. The summed E-state index contributed by atoms with van der Waals surface area (Å²) in [6.45, 7) is 4.48. The molecular weight excluding hydrogens is 362 g/mol. The highest BCUT2D eigenvalue weighted by atomic mass is 16.4. The van der Waals surface area contributed by atoms with Gasteiger partial charge in [0.1, 0.15) is 6.04 Å². The van der Waals surface area contributed by atoms with Crippen LogP contribution >= 0.6 is 0 Å². The summed E-state index contributed by atoms with van der Waals surface area (Å²) in [5.41, 5.74) is -0.659. The molecule has 1 aliphatic rings. The van der Waals surface area contributed by atoms with Crippen LogP contribution in [-0.4, -0.2) is 44.5 Å². The fourth-order valence-electron chi connectivity index (χ4n) is 3.78. The second kappa shape index (κ2) is 8.00. The molecule has 1 amide bonds. The molecule has 2 aromatic rings. The lowest BCUT2D eigenvalue weighted by Gasteiger charge is -2.33. The molecule has 28 heavy (non-hydrogen) atoms. The van der Waals surface area contributed by atoms with Gasteiger partial charge in [-0.15, -0.1) is 0 Å². The fraction of sp³-hybridized carbons (Fsp3) is 0.500. The third-order valence-electron chi connectivity index (χ3n) is 5.28. The Bertz CT molecular complexity index is 999. The zero-order valence-electron chi connectivity index (χ0n) is 16.1. The van der Waals surface area contributed by atoms with Crippen molar-refractivity contribution in [3.05, 3.63) is 45.1 Å². The van der Waals surface area contributed by atoms with E-state index in [1.807, 2.05) is 13.8 Å². The minimum Gasteiger partial charge on any atom is -0.481 e. The lowest BCUT2D eigenvalue weighted by atomic mass is 9.95. The van der Waals surface area contributed by atoms with Crippen LogP contribution in [0.1, 0.15) is 39.2 Å². The molecule has 1 fully saturated rings. The minimum absolute atomic E-state index is 0.0864. The summed E-state index contributed by atoms with van der Waals surface area (Å²) in [5, 5.41) is 9.50. The Morgan fingerprint density at radius 1 is 1.18 bits per heavy atom. The number of aliphatic carboxylic acids is 1. The van der Waals surface area contributed by atoms with Gasteiger partial charge in [0.25, 0.3) is 5.56 Å². The summed E-state index contributed by atoms with van der Waals surface area (Å²) in [6.07, 6.45) is 1.09. The Balaban J connectivity index is 1.98. The monoisotopic (exact) mass is 387 g/mol. The van der Waals surface area contributed by atoms with Gasteiger partial charge in [-0.1, -0.05) is 26.0 Å². The average molecular weight is 387 g/mol. The van der Waals surface area contributed by atoms with Gasteiger partial charge in [-0.05, 0) is 37.3 Å². The number of likely N-dealkylation sites (tertiary alicyclic amines) is 1. The largest absolute Gasteiger partial charge is 0.481 e. The molecule has 1 atom stereocenters. The summed E-state index contributed by atoms with van der Waals surface area (Å²) in [7, 11) is 0. The quantitative estimate of drug-likeness (QED) is 0.809. The van der Waals surface area contributed by atoms with E-state index in [0.29, 0.717) is 43.3 Å². The Hall–Kier alpha value is -2.90. The average Bonchev–Trinajstić information content (AvgIpc) is 2.66. The van der Waals surface area contributed by atoms with E-state index >= 15 is 0 Å². The Morgan fingerprint density at radius 2 is 1.82 bits per heavy atom. The Morgan fingerprint density at radius 3 is 2.43 bits per heavy atom. The molecule has 1 aliphatic heterocycles. The topological polar surface area (TPSA) is 112 Å². The molecule has 3 rings (SSSR count). The second-order valence-corrected chi connectivity index (χ2v) is 7.73. The number of para-hydroxylation sites is 1. The molecule has 8 nitrogen and oxygen atoms in total. The van der Waals surface area contributed by atoms with Crippen molar-refractivity contribution in [2.24, 2.45) is 11.8 Å². The molecule has 0 bridgehead atoms. The van der Waals surface area contributed by atoms with Crippen LogP contribution in [0.5, 0.6) is 0 Å². The van der Waals surface area contributed by atoms with Crippen molar-refractivity contribution in [1.29, 1.82) is 0 Å². The van der Waals surface area contributed by atoms with Crippen molar-refractivity contribution in [2.75, 3.05) is 13.1 Å². The number of aromatic amines is 1. The highest BCUT2D eigenvalue weighted by molar-refractivity contribution is 5.82. The van der Waals surface area contributed by atoms with E-state index in [2.05, 4.69) is 4.98 Å². The number of nitrogens with zero attached hydrogens (tertiary/aromatic N) is 2. The van der Waals surface area contributed by atoms with Gasteiger partial charge in [0.2, 0.25) is 5.91 Å². The molecule has 0 unspecified atom stereocenters. The van der Waals surface area contributed by atoms with E-state index in [1.54, 1.807) is 29.2 Å². The van der Waals surface area contributed by atoms with E-state index in [-0.39, 0.29) is 11.8 Å². The zero-order valence-corrected chi connectivity index (χ0v) is 16.1. The molecular formula is C20H25N3O5. The summed E-state index contributed by atoms with van der Waals surface area (Å²) in [4.78, 5) is 54.3. The van der Waals surface area contributed by atoms with Crippen molar-refractivity contribution in [3.63, 3.8) is 0 Å². The van der Waals surface area contributed by atoms with E-state index in [4.69, 9.17) is 5.11 Å². The number of piperidine rings is 1. The van der Waals surface area contributed by atoms with E-state index in [0.717, 1.165) is 4.57 Å². The highest BCUT2D eigenvalue weighted by Crippen LogP contribution is 2.23. The van der Waals surface area contributed by atoms with Crippen LogP contribution in [0.25, 0.3) is 10.9 Å². The second-order valence-electron chi connectivity index (χ2n) is 7.73. The van der Waals surface area contributed by atoms with Gasteiger partial charge in [-0.3, -0.25) is 14.4 Å². The Labute approximate surface area is 161 Å². The highest BCUT2D eigenvalue weighted by Gasteiger charge is 2.33. The maximum absolute atomic E-state index is 13.2. The molecule has 8 heteroatoms. The van der Waals surface area contributed by atoms with Gasteiger partial charge in [0.05, 0.1) is 16.8 Å². The molecule has 1 aromatic heterocycles. The van der Waals surface area contributed by atoms with Gasteiger partial charge < -0.3 is 15.0 Å². The summed E-state index contributed by atoms with van der Waals surface area (Å²) in [5.74, 6) is -1.53. The van der Waals surface area contributed by atoms with Crippen LogP contribution in [0.4, 0.5) is 0 Å². The normalized spacial score (nSPS) is 16.5. The van der Waals surface area contributed by atoms with Gasteiger partial charge in [0, 0.05) is 13.1 Å². The number of benzene rings is 1. The van der Waals surface area contributed by atoms with Crippen molar-refractivity contribution in [1.82, 2.24) is 14.5 Å². The summed E-state index contributed by atoms with van der Waals surface area (Å²) >= 11 is 0. The van der Waals surface area contributed by atoms with Crippen molar-refractivity contribution >= 4 is 22.8 Å². The van der Waals surface area contributed by atoms with Crippen LogP contribution in [0.2, 0.25) is 0 Å². The number of amides is 1. The molecule has 150 valence electrons. The number of carbonyl (C=O) groups is 2. The van der Waals surface area contributed by atoms with Crippen LogP contribution in [0.15, 0.2) is 33.9 Å². The lowest BCUT2D eigenvalue weighted by Crippen LogP contribution is -2.48. The number of carboxylic acids is 1. The number of H-pyrrole nitrogens is 1. The number of fused-ring (bicyclic) bond motifs is 1. The van der Waals surface area contributed by atoms with Gasteiger partial charge in [-0.2, -0.15) is 0 Å². The van der Waals surface area contributed by atoms with Crippen LogP contribution in [-0.2, 0) is 9.59 Å². The third kappa shape index (κ3) is 3.85. The minimum atomic E-state index is -0.915. The first-order chi connectivity index (χ1) is 13.3. The Kier molecular flexibility index (Phi) is 5.67. The first-order valence-corrected chi connectivity index (χ1v) is 9.54. The summed E-state index contributed by atoms with van der Waals surface area (Å²) in [6, 6.07) is 5.80. The van der Waals surface area contributed by atoms with E-state index in [9.17, 15) is 19.2 Å². The molecule has 0 radical (unpaired) electrons. The maximum Gasteiger partial charge on any atom is 0.329 e. The number of rotatable bonds is 5. The number of hydrogen-bond acceptors (Lipinski definition) is 4. The van der Waals surface area contributed by atoms with Crippen LogP contribution < -0.4 is 11.2 Å². The SMILES string of the molecule is CC(C)C[C@@H](C(=O)N1CCC(C(=O)O)CC1)n1c(=O)[nH]c2ccccc2c1=O. The predicted molar refractivity (Wildman–Crippen MR) is 104 cm³/mol. The van der Waals surface area contributed by atoms with Crippen LogP contribution in [0.3, 0.4) is 0 Å². The van der Waals surface area contributed by atoms with Gasteiger partial charge in [0.15, 0.2) is 0 Å². The first kappa shape index (κ1) is 19.9. The van der Waals surface area contributed by atoms with Crippen molar-refractivity contribution in [3.8, 4) is 0 Å². The first-order valence-electron chi connectivity index (χ1n) is 9.54. The van der Waals surface area contributed by atoms with Crippen LogP contribution in [0, 0.1) is 11.8 Å². The third-order valence-corrected chi connectivity index (χ3v) is 5.28. The molecule has 1 saturated heterocycles. The fourth-order valence-corrected chi connectivity index (χ4v) is 3.78. The number of carbonyl (C=O) groups excluding carboxylic acids is 1. The smallest absolute Gasteiger partial charge is 0.329 e. The maximum atomic E-state index is 13.2. The zero-order chi connectivity index (χ0) is 20.4. The molecule has 0 saturated carbocycles. The molecule has 1 aromatic carbocycles. The van der Waals surface area contributed by atoms with E-state index < -0.39 is 29.2 Å². The standard InChI is InChI=1S/C20H25N3O5/c1-12(2)11-16(18(25)22-9-7-13(8-10-22)19(26)27)23-17(24)14-5-3-4-6-15(14)21-20(23)28/h3-6,12-13,16H,7-11H2,1-2H3,(H,21,28)(H,26,27)/t16-/m0/s1. The van der Waals surface area contributed by atoms with Crippen molar-refractivity contribution in [2.45, 2.75) is 39.2 Å². The van der Waals surface area contributed by atoms with Gasteiger partial charge >= 0.3 is 11.7 Å². The van der Waals surface area contributed by atoms with Crippen molar-refractivity contribution < 1.29 is 14.7 Å². The predicted octanol–water partition coefficient (Wildman–Crippen LogP) is 1.60. The summed E-state index contributed by atoms with van der Waals surface area (Å²) < 4.78 is 1.02. The number of carboxylic acid groups (broad SMARTS) is 1. The molecule has 0 spiro atoms.